The topological polar surface area (TPSA) is 112 Å². The molecule has 36 heavy (non-hydrogen) atoms. The smallest absolute Gasteiger partial charge is 0.399 e. The van der Waals surface area contributed by atoms with Gasteiger partial charge in [0.05, 0.1) is 54.9 Å². The van der Waals surface area contributed by atoms with Gasteiger partial charge in [-0.1, -0.05) is 38.1 Å². The second kappa shape index (κ2) is 8.95. The fraction of sp³-hybridized carbons (Fsp3) is 0.615. The summed E-state index contributed by atoms with van der Waals surface area (Å²) in [5, 5.41) is 0. The number of benzene rings is 1. The monoisotopic (exact) mass is 496 g/mol. The molecule has 194 valence electrons. The lowest BCUT2D eigenvalue weighted by atomic mass is 9.79. The number of hydrogen-bond donors (Lipinski definition) is 2. The number of likely N-dealkylation sites (tertiary alicyclic amines) is 1. The van der Waals surface area contributed by atoms with E-state index in [1.807, 2.05) is 65.8 Å². The molecule has 0 aliphatic carbocycles. The number of nitrogens with zero attached hydrogens (tertiary/aromatic N) is 2. The summed E-state index contributed by atoms with van der Waals surface area (Å²) in [5.41, 5.74) is 8.27. The standard InChI is InChI=1S/C26H37BN4O5/c1-16(2)21(28)23(32)31-15-26(33-11-12-34-26)13-20(31)22-29-14-19(30-22)17-7-9-18(10-8-17)27-35-24(3,4)25(5,6)36-27/h7-10,14,16,20-21H,11-13,15,28H2,1-6H3,(H,29,30)/t20-,21-/m0/s1. The van der Waals surface area contributed by atoms with Crippen LogP contribution in [0.3, 0.4) is 0 Å². The number of amides is 1. The van der Waals surface area contributed by atoms with E-state index in [2.05, 4.69) is 9.97 Å². The summed E-state index contributed by atoms with van der Waals surface area (Å²) in [7, 11) is -0.410. The number of carbonyl (C=O) groups is 1. The zero-order chi connectivity index (χ0) is 25.9. The number of H-pyrrole nitrogens is 1. The number of imidazole rings is 1. The van der Waals surface area contributed by atoms with Gasteiger partial charge in [0.1, 0.15) is 5.82 Å². The highest BCUT2D eigenvalue weighted by Crippen LogP contribution is 2.42. The van der Waals surface area contributed by atoms with Gasteiger partial charge in [0.2, 0.25) is 5.91 Å². The third kappa shape index (κ3) is 4.39. The van der Waals surface area contributed by atoms with E-state index in [1.165, 1.54) is 0 Å². The predicted molar refractivity (Wildman–Crippen MR) is 136 cm³/mol. The molecular weight excluding hydrogens is 459 g/mol. The zero-order valence-corrected chi connectivity index (χ0v) is 22.0. The van der Waals surface area contributed by atoms with Crippen molar-refractivity contribution in [3.05, 3.63) is 36.3 Å². The van der Waals surface area contributed by atoms with E-state index >= 15 is 0 Å². The molecule has 5 rings (SSSR count). The molecule has 3 N–H and O–H groups in total. The van der Waals surface area contributed by atoms with Crippen molar-refractivity contribution in [2.45, 2.75) is 77.0 Å². The number of nitrogens with one attached hydrogen (secondary N) is 1. The Morgan fingerprint density at radius 2 is 1.72 bits per heavy atom. The van der Waals surface area contributed by atoms with Gasteiger partial charge in [-0.15, -0.1) is 0 Å². The summed E-state index contributed by atoms with van der Waals surface area (Å²) in [6.45, 7) is 13.5. The minimum absolute atomic E-state index is 0.0229. The van der Waals surface area contributed by atoms with Gasteiger partial charge in [0.25, 0.3) is 0 Å². The molecule has 1 aromatic carbocycles. The van der Waals surface area contributed by atoms with Crippen LogP contribution in [0.25, 0.3) is 11.3 Å². The number of aromatic nitrogens is 2. The van der Waals surface area contributed by atoms with Crippen molar-refractivity contribution in [3.8, 4) is 11.3 Å². The van der Waals surface area contributed by atoms with Crippen molar-refractivity contribution in [3.63, 3.8) is 0 Å². The highest BCUT2D eigenvalue weighted by Gasteiger charge is 2.53. The fourth-order valence-corrected chi connectivity index (χ4v) is 4.95. The molecule has 1 aromatic heterocycles. The Balaban J connectivity index is 1.36. The average Bonchev–Trinajstić information content (AvgIpc) is 3.60. The third-order valence-corrected chi connectivity index (χ3v) is 8.05. The van der Waals surface area contributed by atoms with Gasteiger partial charge in [0.15, 0.2) is 5.79 Å². The number of ether oxygens (including phenoxy) is 2. The van der Waals surface area contributed by atoms with Crippen molar-refractivity contribution >= 4 is 18.5 Å². The van der Waals surface area contributed by atoms with Gasteiger partial charge in [-0.05, 0) is 44.6 Å². The summed E-state index contributed by atoms with van der Waals surface area (Å²) < 4.78 is 24.2. The normalized spacial score (nSPS) is 25.3. The lowest BCUT2D eigenvalue weighted by Crippen LogP contribution is -2.48. The number of hydrogen-bond acceptors (Lipinski definition) is 7. The zero-order valence-electron chi connectivity index (χ0n) is 22.0. The third-order valence-electron chi connectivity index (χ3n) is 8.05. The van der Waals surface area contributed by atoms with Crippen molar-refractivity contribution in [2.24, 2.45) is 11.7 Å². The first-order chi connectivity index (χ1) is 16.9. The molecule has 3 aliphatic rings. The molecule has 3 saturated heterocycles. The summed E-state index contributed by atoms with van der Waals surface area (Å²) in [6.07, 6.45) is 2.31. The number of carbonyl (C=O) groups excluding carboxylic acids is 1. The van der Waals surface area contributed by atoms with Gasteiger partial charge in [-0.2, -0.15) is 0 Å². The summed E-state index contributed by atoms with van der Waals surface area (Å²) in [6, 6.07) is 7.17. The summed E-state index contributed by atoms with van der Waals surface area (Å²) in [5.74, 6) is -0.195. The minimum atomic E-state index is -0.797. The molecule has 1 spiro atoms. The van der Waals surface area contributed by atoms with Crippen LogP contribution in [0.5, 0.6) is 0 Å². The van der Waals surface area contributed by atoms with Gasteiger partial charge in [0, 0.05) is 6.42 Å². The van der Waals surface area contributed by atoms with Crippen LogP contribution in [0.1, 0.15) is 59.8 Å². The maximum atomic E-state index is 13.3. The van der Waals surface area contributed by atoms with Gasteiger partial charge in [-0.25, -0.2) is 4.98 Å². The molecule has 4 heterocycles. The Kier molecular flexibility index (Phi) is 6.32. The molecule has 0 saturated carbocycles. The lowest BCUT2D eigenvalue weighted by molar-refractivity contribution is -0.153. The van der Waals surface area contributed by atoms with E-state index in [0.29, 0.717) is 32.0 Å². The number of nitrogens with two attached hydrogens (primary N) is 1. The van der Waals surface area contributed by atoms with Crippen molar-refractivity contribution in [1.29, 1.82) is 0 Å². The lowest BCUT2D eigenvalue weighted by Gasteiger charge is -2.32. The molecule has 2 aromatic rings. The Hall–Kier alpha value is -2.24. The van der Waals surface area contributed by atoms with Crippen LogP contribution in [0, 0.1) is 5.92 Å². The van der Waals surface area contributed by atoms with Crippen LogP contribution < -0.4 is 11.2 Å². The van der Waals surface area contributed by atoms with Gasteiger partial charge < -0.3 is 34.4 Å². The molecule has 3 aliphatic heterocycles. The van der Waals surface area contributed by atoms with Crippen molar-refractivity contribution in [2.75, 3.05) is 19.8 Å². The number of rotatable bonds is 5. The Morgan fingerprint density at radius 3 is 2.31 bits per heavy atom. The van der Waals surface area contributed by atoms with E-state index in [0.717, 1.165) is 16.7 Å². The molecular formula is C26H37BN4O5. The summed E-state index contributed by atoms with van der Waals surface area (Å²) >= 11 is 0. The summed E-state index contributed by atoms with van der Waals surface area (Å²) in [4.78, 5) is 23.1. The maximum Gasteiger partial charge on any atom is 0.494 e. The Bertz CT molecular complexity index is 1090. The fourth-order valence-electron chi connectivity index (χ4n) is 4.95. The molecule has 0 unspecified atom stereocenters. The van der Waals surface area contributed by atoms with E-state index < -0.39 is 18.9 Å². The van der Waals surface area contributed by atoms with Crippen LogP contribution in [0.4, 0.5) is 0 Å². The van der Waals surface area contributed by atoms with Crippen LogP contribution in [-0.2, 0) is 23.6 Å². The highest BCUT2D eigenvalue weighted by atomic mass is 16.7. The second-order valence-corrected chi connectivity index (χ2v) is 11.5. The van der Waals surface area contributed by atoms with Crippen LogP contribution in [0.2, 0.25) is 0 Å². The van der Waals surface area contributed by atoms with E-state index in [9.17, 15) is 4.79 Å². The largest absolute Gasteiger partial charge is 0.494 e. The van der Waals surface area contributed by atoms with Crippen LogP contribution in [0.15, 0.2) is 30.5 Å². The second-order valence-electron chi connectivity index (χ2n) is 11.5. The Morgan fingerprint density at radius 1 is 1.11 bits per heavy atom. The predicted octanol–water partition coefficient (Wildman–Crippen LogP) is 2.38. The molecule has 0 radical (unpaired) electrons. The first-order valence-electron chi connectivity index (χ1n) is 12.8. The average molecular weight is 496 g/mol. The molecule has 1 amide bonds. The van der Waals surface area contributed by atoms with E-state index in [4.69, 9.17) is 24.5 Å². The first-order valence-corrected chi connectivity index (χ1v) is 12.8. The van der Waals surface area contributed by atoms with Gasteiger partial charge >= 0.3 is 7.12 Å². The van der Waals surface area contributed by atoms with Crippen molar-refractivity contribution < 1.29 is 23.6 Å². The van der Waals surface area contributed by atoms with Crippen molar-refractivity contribution in [1.82, 2.24) is 14.9 Å². The highest BCUT2D eigenvalue weighted by molar-refractivity contribution is 6.62. The Labute approximate surface area is 213 Å². The van der Waals surface area contributed by atoms with Crippen LogP contribution >= 0.6 is 0 Å². The molecule has 10 heteroatoms. The first kappa shape index (κ1) is 25.4. The van der Waals surface area contributed by atoms with E-state index in [1.54, 1.807) is 11.1 Å². The van der Waals surface area contributed by atoms with Gasteiger partial charge in [-0.3, -0.25) is 4.79 Å². The maximum absolute atomic E-state index is 13.3. The molecule has 9 nitrogen and oxygen atoms in total. The SMILES string of the molecule is CC(C)[C@H](N)C(=O)N1CC2(C[C@H]1c1ncc(-c3ccc(B4OC(C)(C)C(C)(C)O4)cc3)[nH]1)OCCO2. The van der Waals surface area contributed by atoms with Crippen LogP contribution in [-0.4, -0.2) is 70.7 Å². The molecule has 3 fully saturated rings. The minimum Gasteiger partial charge on any atom is -0.399 e. The number of aromatic amines is 1. The quantitative estimate of drug-likeness (QED) is 0.612. The molecule has 2 atom stereocenters. The van der Waals surface area contributed by atoms with E-state index in [-0.39, 0.29) is 29.1 Å². The molecule has 0 bridgehead atoms.